The molecule has 0 radical (unpaired) electrons. The second kappa shape index (κ2) is 7.83. The zero-order valence-corrected chi connectivity index (χ0v) is 21.1. The third-order valence-corrected chi connectivity index (χ3v) is 40.6. The lowest BCUT2D eigenvalue weighted by atomic mass is 10.1. The van der Waals surface area contributed by atoms with Gasteiger partial charge in [0.1, 0.15) is 8.88 Å². The molecule has 0 spiro atoms. The summed E-state index contributed by atoms with van der Waals surface area (Å²) in [5.74, 6) is 0. The Bertz CT molecular complexity index is 1120. The highest BCUT2D eigenvalue weighted by molar-refractivity contribution is 9.48. The molecule has 140 valence electrons. The highest BCUT2D eigenvalue weighted by atomic mass is 33.7. The Morgan fingerprint density at radius 2 is 0.929 bits per heavy atom. The number of benzene rings is 2. The van der Waals surface area contributed by atoms with Crippen molar-refractivity contribution < 1.29 is 0 Å². The molecule has 0 N–H and O–H groups in total. The maximum Gasteiger partial charge on any atom is 0.106 e. The molecule has 1 aliphatic heterocycles. The molecule has 1 fully saturated rings. The first-order valence-corrected chi connectivity index (χ1v) is 19.9. The van der Waals surface area contributed by atoms with E-state index >= 15 is 0 Å². The molecule has 28 heavy (non-hydrogen) atoms. The van der Waals surface area contributed by atoms with Gasteiger partial charge in [-0.15, -0.1) is 22.7 Å². The van der Waals surface area contributed by atoms with Crippen LogP contribution in [0, 0.1) is 0 Å². The van der Waals surface area contributed by atoms with Gasteiger partial charge in [0.15, 0.2) is 0 Å². The molecule has 8 heteroatoms. The summed E-state index contributed by atoms with van der Waals surface area (Å²) in [4.78, 5) is 0. The van der Waals surface area contributed by atoms with Gasteiger partial charge in [0, 0.05) is 0 Å². The van der Waals surface area contributed by atoms with Crippen LogP contribution in [-0.2, 0) is 23.6 Å². The lowest BCUT2D eigenvalue weighted by molar-refractivity contribution is 1.68. The molecule has 0 saturated carbocycles. The molecule has 4 aromatic rings. The Morgan fingerprint density at radius 1 is 0.536 bits per heavy atom. The van der Waals surface area contributed by atoms with Crippen LogP contribution in [0.2, 0.25) is 0 Å². The SMILES string of the molecule is S=P1(c2cc(-c3ccccc3)cs2)SP(=S)(c2cc(-c3ccccc3)cs2)S1. The van der Waals surface area contributed by atoms with Gasteiger partial charge in [0.05, 0.1) is 9.24 Å². The fraction of sp³-hybridized carbons (Fsp3) is 0. The van der Waals surface area contributed by atoms with Gasteiger partial charge in [-0.05, 0) is 45.1 Å². The Kier molecular flexibility index (Phi) is 5.53. The van der Waals surface area contributed by atoms with Crippen molar-refractivity contribution in [3.05, 3.63) is 83.6 Å². The van der Waals surface area contributed by atoms with Crippen LogP contribution in [0.3, 0.4) is 0 Å². The summed E-state index contributed by atoms with van der Waals surface area (Å²) in [7, 11) is 0. The van der Waals surface area contributed by atoms with E-state index in [0.717, 1.165) is 0 Å². The summed E-state index contributed by atoms with van der Waals surface area (Å²) in [6.45, 7) is 0. The molecule has 0 aliphatic carbocycles. The van der Waals surface area contributed by atoms with Gasteiger partial charge in [-0.25, -0.2) is 0 Å². The molecule has 1 saturated heterocycles. The molecule has 0 nitrogen and oxygen atoms in total. The summed E-state index contributed by atoms with van der Waals surface area (Å²) >= 11 is 19.7. The van der Waals surface area contributed by atoms with E-state index < -0.39 is 8.88 Å². The molecule has 0 atom stereocenters. The quantitative estimate of drug-likeness (QED) is 0.255. The van der Waals surface area contributed by atoms with Crippen LogP contribution in [0.25, 0.3) is 22.3 Å². The monoisotopic (exact) mass is 508 g/mol. The normalized spacial score (nSPS) is 24.0. The van der Waals surface area contributed by atoms with Gasteiger partial charge in [-0.1, -0.05) is 106 Å². The van der Waals surface area contributed by atoms with Crippen LogP contribution in [0.4, 0.5) is 0 Å². The van der Waals surface area contributed by atoms with E-state index in [1.165, 1.54) is 31.5 Å². The minimum absolute atomic E-state index is 1.26. The molecule has 0 unspecified atom stereocenters. The van der Waals surface area contributed by atoms with Crippen LogP contribution >= 0.6 is 53.6 Å². The van der Waals surface area contributed by atoms with Gasteiger partial charge in [0.25, 0.3) is 0 Å². The lowest BCUT2D eigenvalue weighted by Crippen LogP contribution is -2.03. The van der Waals surface area contributed by atoms with Crippen molar-refractivity contribution in [2.24, 2.45) is 0 Å². The summed E-state index contributed by atoms with van der Waals surface area (Å²) in [5.41, 5.74) is 5.06. The average molecular weight is 509 g/mol. The zero-order chi connectivity index (χ0) is 19.2. The first-order chi connectivity index (χ1) is 13.6. The van der Waals surface area contributed by atoms with Gasteiger partial charge in [-0.2, -0.15) is 0 Å². The third kappa shape index (κ3) is 3.68. The molecule has 0 amide bonds. The summed E-state index contributed by atoms with van der Waals surface area (Å²) in [5, 5.41) is 4.47. The molecule has 3 heterocycles. The van der Waals surface area contributed by atoms with Crippen molar-refractivity contribution in [2.75, 3.05) is 0 Å². The largest absolute Gasteiger partial charge is 0.141 e. The molecule has 2 aromatic heterocycles. The van der Waals surface area contributed by atoms with Crippen molar-refractivity contribution >= 4 is 86.4 Å². The van der Waals surface area contributed by atoms with Crippen LogP contribution in [0.1, 0.15) is 0 Å². The van der Waals surface area contributed by atoms with Crippen LogP contribution in [0.5, 0.6) is 0 Å². The summed E-state index contributed by atoms with van der Waals surface area (Å²) < 4.78 is -0.627. The fourth-order valence-corrected chi connectivity index (χ4v) is 51.4. The van der Waals surface area contributed by atoms with Gasteiger partial charge < -0.3 is 0 Å². The Labute approximate surface area is 190 Å². The number of hydrogen-bond donors (Lipinski definition) is 0. The molecule has 1 aliphatic rings. The van der Waals surface area contributed by atoms with E-state index in [9.17, 15) is 0 Å². The average Bonchev–Trinajstić information content (AvgIpc) is 3.39. The summed E-state index contributed by atoms with van der Waals surface area (Å²) in [6.07, 6.45) is 0. The van der Waals surface area contributed by atoms with Crippen molar-refractivity contribution in [1.82, 2.24) is 0 Å². The van der Waals surface area contributed by atoms with Crippen molar-refractivity contribution in [3.8, 4) is 22.3 Å². The number of rotatable bonds is 4. The topological polar surface area (TPSA) is 0 Å². The zero-order valence-electron chi connectivity index (χ0n) is 14.4. The predicted molar refractivity (Wildman–Crippen MR) is 143 cm³/mol. The van der Waals surface area contributed by atoms with Gasteiger partial charge in [0.2, 0.25) is 0 Å². The third-order valence-electron chi connectivity index (χ3n) is 4.36. The van der Waals surface area contributed by atoms with Crippen molar-refractivity contribution in [2.45, 2.75) is 0 Å². The number of hydrogen-bond acceptors (Lipinski definition) is 6. The van der Waals surface area contributed by atoms with E-state index in [1.54, 1.807) is 22.7 Å². The summed E-state index contributed by atoms with van der Waals surface area (Å²) in [6, 6.07) is 25.6. The molecule has 2 aromatic carbocycles. The van der Waals surface area contributed by atoms with Crippen molar-refractivity contribution in [1.29, 1.82) is 0 Å². The standard InChI is InChI=1S/C20H14P2S6/c23-21(19-11-17(13-25-19)15-7-3-1-4-8-15)27-22(24,28-21)20-12-18(14-26-20)16-9-5-2-6-10-16/h1-14H. The van der Waals surface area contributed by atoms with E-state index in [-0.39, 0.29) is 0 Å². The van der Waals surface area contributed by atoms with Crippen LogP contribution in [0.15, 0.2) is 83.6 Å². The number of thiophene rings is 2. The Morgan fingerprint density at radius 3 is 1.32 bits per heavy atom. The molecular weight excluding hydrogens is 495 g/mol. The highest BCUT2D eigenvalue weighted by Gasteiger charge is 2.47. The minimum Gasteiger partial charge on any atom is -0.141 e. The van der Waals surface area contributed by atoms with Crippen LogP contribution < -0.4 is 9.24 Å². The van der Waals surface area contributed by atoms with E-state index in [4.69, 9.17) is 23.6 Å². The highest BCUT2D eigenvalue weighted by Crippen LogP contribution is 3.04. The van der Waals surface area contributed by atoms with E-state index in [1.807, 2.05) is 22.0 Å². The first-order valence-electron chi connectivity index (χ1n) is 8.48. The Balaban J connectivity index is 1.38. The molecular formula is C20H14P2S6. The second-order valence-corrected chi connectivity index (χ2v) is 29.9. The maximum atomic E-state index is 6.12. The predicted octanol–water partition coefficient (Wildman–Crippen LogP) is 8.19. The van der Waals surface area contributed by atoms with E-state index in [2.05, 4.69) is 83.6 Å². The lowest BCUT2D eigenvalue weighted by Gasteiger charge is -2.38. The van der Waals surface area contributed by atoms with E-state index in [0.29, 0.717) is 0 Å². The fourth-order valence-electron chi connectivity index (χ4n) is 2.95. The van der Waals surface area contributed by atoms with Crippen LogP contribution in [-0.4, -0.2) is 0 Å². The maximum absolute atomic E-state index is 6.12. The second-order valence-electron chi connectivity index (χ2n) is 6.24. The molecule has 0 bridgehead atoms. The Hall–Kier alpha value is -0.160. The van der Waals surface area contributed by atoms with Crippen molar-refractivity contribution in [3.63, 3.8) is 0 Å². The van der Waals surface area contributed by atoms with Gasteiger partial charge >= 0.3 is 0 Å². The minimum atomic E-state index is -1.66. The molecule has 5 rings (SSSR count). The van der Waals surface area contributed by atoms with Gasteiger partial charge in [-0.3, -0.25) is 0 Å². The first kappa shape index (κ1) is 19.8. The smallest absolute Gasteiger partial charge is 0.106 e.